The number of aryl methyl sites for hydroxylation is 1. The summed E-state index contributed by atoms with van der Waals surface area (Å²) in [6, 6.07) is 4.15. The molecule has 2 atom stereocenters. The molecule has 3 aromatic rings. The van der Waals surface area contributed by atoms with E-state index in [1.807, 2.05) is 32.2 Å². The van der Waals surface area contributed by atoms with Gasteiger partial charge in [0.05, 0.1) is 21.2 Å². The summed E-state index contributed by atoms with van der Waals surface area (Å²) < 4.78 is 17.5. The van der Waals surface area contributed by atoms with Crippen molar-refractivity contribution in [3.63, 3.8) is 0 Å². The maximum absolute atomic E-state index is 12.7. The van der Waals surface area contributed by atoms with Crippen LogP contribution in [-0.2, 0) is 11.0 Å². The Bertz CT molecular complexity index is 1060. The minimum absolute atomic E-state index is 0.107. The van der Waals surface area contributed by atoms with Crippen molar-refractivity contribution in [3.8, 4) is 0 Å². The molecule has 0 bridgehead atoms. The van der Waals surface area contributed by atoms with Crippen LogP contribution in [-0.4, -0.2) is 41.6 Å². The summed E-state index contributed by atoms with van der Waals surface area (Å²) in [5, 5.41) is 5.45. The molecule has 0 saturated carbocycles. The Labute approximate surface area is 174 Å². The highest BCUT2D eigenvalue weighted by atomic mass is 32.2. The number of rotatable bonds is 4. The molecule has 1 saturated heterocycles. The first-order valence-corrected chi connectivity index (χ1v) is 11.5. The molecule has 156 valence electrons. The summed E-state index contributed by atoms with van der Waals surface area (Å²) in [5.74, 6) is 0.846. The lowest BCUT2D eigenvalue weighted by Crippen LogP contribution is -2.35. The fourth-order valence-corrected chi connectivity index (χ4v) is 4.65. The number of anilines is 1. The molecule has 1 aromatic carbocycles. The molecule has 0 spiro atoms. The Morgan fingerprint density at radius 2 is 1.90 bits per heavy atom. The molecule has 4 rings (SSSR count). The first-order valence-electron chi connectivity index (χ1n) is 10.3. The van der Waals surface area contributed by atoms with Crippen molar-refractivity contribution in [3.05, 3.63) is 29.6 Å². The highest BCUT2D eigenvalue weighted by Gasteiger charge is 2.25. The van der Waals surface area contributed by atoms with E-state index in [0.717, 1.165) is 46.7 Å². The molecule has 0 amide bonds. The van der Waals surface area contributed by atoms with Crippen LogP contribution in [0.25, 0.3) is 16.6 Å². The third kappa shape index (κ3) is 3.88. The quantitative estimate of drug-likeness (QED) is 0.705. The Kier molecular flexibility index (Phi) is 5.33. The van der Waals surface area contributed by atoms with Gasteiger partial charge in [-0.15, -0.1) is 0 Å². The van der Waals surface area contributed by atoms with Crippen molar-refractivity contribution in [1.82, 2.24) is 24.3 Å². The number of benzene rings is 1. The van der Waals surface area contributed by atoms with Gasteiger partial charge in [-0.1, -0.05) is 6.07 Å². The van der Waals surface area contributed by atoms with Crippen LogP contribution in [0.2, 0.25) is 0 Å². The molecule has 1 aliphatic rings. The van der Waals surface area contributed by atoms with Crippen LogP contribution in [0.4, 0.5) is 5.95 Å². The topological polar surface area (TPSA) is 75.4 Å². The van der Waals surface area contributed by atoms with E-state index in [2.05, 4.69) is 38.8 Å². The van der Waals surface area contributed by atoms with Crippen molar-refractivity contribution in [2.75, 3.05) is 18.0 Å². The Morgan fingerprint density at radius 1 is 1.17 bits per heavy atom. The standard InChI is InChI=1S/C21H30N6OS/c1-14-11-16(15(2)25-29(28)21(3,4)5)18-17(12-14)19-22-13-23-27(19)20(24-18)26-9-7-6-8-10-26/h11-13,15,25H,6-10H2,1-5H3/t15-,29-/m1/s1. The number of hydrogen-bond donors (Lipinski definition) is 1. The fraction of sp³-hybridized carbons (Fsp3) is 0.571. The average Bonchev–Trinajstić information content (AvgIpc) is 3.17. The molecule has 3 heterocycles. The maximum Gasteiger partial charge on any atom is 0.229 e. The largest absolute Gasteiger partial charge is 0.341 e. The summed E-state index contributed by atoms with van der Waals surface area (Å²) in [7, 11) is -1.17. The molecule has 1 aliphatic heterocycles. The van der Waals surface area contributed by atoms with Crippen LogP contribution in [0, 0.1) is 6.92 Å². The van der Waals surface area contributed by atoms with Crippen LogP contribution < -0.4 is 9.62 Å². The van der Waals surface area contributed by atoms with Crippen LogP contribution >= 0.6 is 0 Å². The fourth-order valence-electron chi connectivity index (χ4n) is 3.85. The Hall–Kier alpha value is -2.06. The first kappa shape index (κ1) is 20.2. The van der Waals surface area contributed by atoms with Crippen LogP contribution in [0.1, 0.15) is 64.1 Å². The summed E-state index contributed by atoms with van der Waals surface area (Å²) in [5.41, 5.74) is 3.90. The van der Waals surface area contributed by atoms with Gasteiger partial charge in [0.15, 0.2) is 5.65 Å². The van der Waals surface area contributed by atoms with Gasteiger partial charge in [-0.05, 0) is 71.1 Å². The number of piperidine rings is 1. The zero-order valence-electron chi connectivity index (χ0n) is 17.9. The first-order chi connectivity index (χ1) is 13.8. The van der Waals surface area contributed by atoms with E-state index < -0.39 is 11.0 Å². The van der Waals surface area contributed by atoms with Gasteiger partial charge in [-0.3, -0.25) is 0 Å². The highest BCUT2D eigenvalue weighted by Crippen LogP contribution is 2.31. The lowest BCUT2D eigenvalue weighted by atomic mass is 10.0. The van der Waals surface area contributed by atoms with Crippen molar-refractivity contribution in [1.29, 1.82) is 0 Å². The molecule has 0 radical (unpaired) electrons. The Balaban J connectivity index is 1.87. The summed E-state index contributed by atoms with van der Waals surface area (Å²) in [6.45, 7) is 12.0. The van der Waals surface area contributed by atoms with Gasteiger partial charge >= 0.3 is 0 Å². The van der Waals surface area contributed by atoms with Gasteiger partial charge in [0.2, 0.25) is 5.95 Å². The van der Waals surface area contributed by atoms with Crippen molar-refractivity contribution >= 4 is 33.5 Å². The van der Waals surface area contributed by atoms with Gasteiger partial charge in [0, 0.05) is 24.5 Å². The minimum Gasteiger partial charge on any atom is -0.341 e. The number of nitrogens with one attached hydrogen (secondary N) is 1. The molecule has 1 N–H and O–H groups in total. The van der Waals surface area contributed by atoms with E-state index in [-0.39, 0.29) is 10.8 Å². The lowest BCUT2D eigenvalue weighted by Gasteiger charge is -2.28. The molecular weight excluding hydrogens is 384 g/mol. The Morgan fingerprint density at radius 3 is 2.59 bits per heavy atom. The van der Waals surface area contributed by atoms with Gasteiger partial charge in [0.1, 0.15) is 6.33 Å². The summed E-state index contributed by atoms with van der Waals surface area (Å²) in [6.07, 6.45) is 5.19. The SMILES string of the molecule is Cc1cc([C@@H](C)N[S@](=O)C(C)(C)C)c2nc(N3CCCCC3)n3ncnc3c2c1. The number of hydrogen-bond acceptors (Lipinski definition) is 5. The van der Waals surface area contributed by atoms with Gasteiger partial charge in [-0.25, -0.2) is 18.9 Å². The van der Waals surface area contributed by atoms with Crippen molar-refractivity contribution < 1.29 is 4.21 Å². The second-order valence-corrected chi connectivity index (χ2v) is 10.9. The van der Waals surface area contributed by atoms with Gasteiger partial charge < -0.3 is 4.90 Å². The highest BCUT2D eigenvalue weighted by molar-refractivity contribution is 7.84. The van der Waals surface area contributed by atoms with Crippen molar-refractivity contribution in [2.24, 2.45) is 0 Å². The van der Waals surface area contributed by atoms with Crippen LogP contribution in [0.3, 0.4) is 0 Å². The second kappa shape index (κ2) is 7.65. The smallest absolute Gasteiger partial charge is 0.229 e. The van der Waals surface area contributed by atoms with Crippen LogP contribution in [0.15, 0.2) is 18.5 Å². The summed E-state index contributed by atoms with van der Waals surface area (Å²) in [4.78, 5) is 11.9. The molecule has 0 unspecified atom stereocenters. The van der Waals surface area contributed by atoms with E-state index in [0.29, 0.717) is 0 Å². The summed E-state index contributed by atoms with van der Waals surface area (Å²) >= 11 is 0. The molecule has 29 heavy (non-hydrogen) atoms. The van der Waals surface area contributed by atoms with E-state index in [1.165, 1.54) is 19.3 Å². The zero-order chi connectivity index (χ0) is 20.8. The van der Waals surface area contributed by atoms with Crippen molar-refractivity contribution in [2.45, 2.75) is 64.7 Å². The maximum atomic E-state index is 12.7. The van der Waals surface area contributed by atoms with Gasteiger partial charge in [0.25, 0.3) is 0 Å². The number of nitrogens with zero attached hydrogens (tertiary/aromatic N) is 5. The normalized spacial score (nSPS) is 17.8. The van der Waals surface area contributed by atoms with E-state index in [4.69, 9.17) is 4.98 Å². The third-order valence-corrected chi connectivity index (χ3v) is 7.10. The zero-order valence-corrected chi connectivity index (χ0v) is 18.7. The van der Waals surface area contributed by atoms with Gasteiger partial charge in [-0.2, -0.15) is 9.61 Å². The number of fused-ring (bicyclic) bond motifs is 3. The van der Waals surface area contributed by atoms with E-state index in [1.54, 1.807) is 6.33 Å². The predicted molar refractivity (Wildman–Crippen MR) is 119 cm³/mol. The van der Waals surface area contributed by atoms with Crippen LogP contribution in [0.5, 0.6) is 0 Å². The van der Waals surface area contributed by atoms with E-state index >= 15 is 0 Å². The predicted octanol–water partition coefficient (Wildman–Crippen LogP) is 3.69. The van der Waals surface area contributed by atoms with E-state index in [9.17, 15) is 4.21 Å². The number of aromatic nitrogens is 4. The molecule has 1 fully saturated rings. The second-order valence-electron chi connectivity index (χ2n) is 8.93. The molecule has 8 heteroatoms. The molecular formula is C21H30N6OS. The lowest BCUT2D eigenvalue weighted by molar-refractivity contribution is 0.563. The average molecular weight is 415 g/mol. The minimum atomic E-state index is -1.17. The molecule has 0 aliphatic carbocycles. The molecule has 2 aromatic heterocycles. The monoisotopic (exact) mass is 414 g/mol. The third-order valence-electron chi connectivity index (χ3n) is 5.42. The molecule has 7 nitrogen and oxygen atoms in total.